The second-order valence-corrected chi connectivity index (χ2v) is 4.95. The molecule has 1 atom stereocenters. The highest BCUT2D eigenvalue weighted by Gasteiger charge is 2.27. The van der Waals surface area contributed by atoms with Crippen LogP contribution < -0.4 is 5.32 Å². The Balaban J connectivity index is 1.89. The standard InChI is InChI=1S/C12H17NO3S/c1-15-6-2-7-16-12(14)11-9-4-8-17-10(9)3-5-13-11/h4,8,11,13H,2-3,5-7H2,1H3. The summed E-state index contributed by atoms with van der Waals surface area (Å²) in [6.07, 6.45) is 1.74. The van der Waals surface area contributed by atoms with Gasteiger partial charge in [-0.2, -0.15) is 0 Å². The highest BCUT2D eigenvalue weighted by Crippen LogP contribution is 2.28. The molecule has 0 spiro atoms. The van der Waals surface area contributed by atoms with Crippen LogP contribution in [0.4, 0.5) is 0 Å². The van der Waals surface area contributed by atoms with Gasteiger partial charge in [0.1, 0.15) is 6.04 Å². The van der Waals surface area contributed by atoms with Crippen molar-refractivity contribution >= 4 is 17.3 Å². The Morgan fingerprint density at radius 3 is 3.29 bits per heavy atom. The number of carbonyl (C=O) groups is 1. The van der Waals surface area contributed by atoms with E-state index in [4.69, 9.17) is 9.47 Å². The van der Waals surface area contributed by atoms with E-state index in [1.165, 1.54) is 4.88 Å². The Labute approximate surface area is 105 Å². The van der Waals surface area contributed by atoms with Gasteiger partial charge in [-0.3, -0.25) is 0 Å². The average Bonchev–Trinajstić information content (AvgIpc) is 2.82. The van der Waals surface area contributed by atoms with Crippen molar-refractivity contribution in [3.8, 4) is 0 Å². The molecule has 0 amide bonds. The lowest BCUT2D eigenvalue weighted by Gasteiger charge is -2.22. The molecule has 94 valence electrons. The van der Waals surface area contributed by atoms with Crippen molar-refractivity contribution < 1.29 is 14.3 Å². The predicted octanol–water partition coefficient (Wildman–Crippen LogP) is 1.51. The first-order valence-electron chi connectivity index (χ1n) is 5.78. The molecule has 1 aromatic rings. The SMILES string of the molecule is COCCCOC(=O)C1NCCc2sccc21. The van der Waals surface area contributed by atoms with Crippen LogP contribution in [-0.4, -0.2) is 32.8 Å². The zero-order chi connectivity index (χ0) is 12.1. The summed E-state index contributed by atoms with van der Waals surface area (Å²) < 4.78 is 10.1. The lowest BCUT2D eigenvalue weighted by Crippen LogP contribution is -2.35. The van der Waals surface area contributed by atoms with Gasteiger partial charge in [0.25, 0.3) is 0 Å². The molecule has 0 radical (unpaired) electrons. The number of rotatable bonds is 5. The lowest BCUT2D eigenvalue weighted by atomic mass is 10.0. The summed E-state index contributed by atoms with van der Waals surface area (Å²) >= 11 is 1.71. The average molecular weight is 255 g/mol. The van der Waals surface area contributed by atoms with Gasteiger partial charge in [-0.1, -0.05) is 0 Å². The molecule has 0 saturated carbocycles. The molecule has 0 bridgehead atoms. The van der Waals surface area contributed by atoms with Crippen molar-refractivity contribution in [3.05, 3.63) is 21.9 Å². The Kier molecular flexibility index (Phi) is 4.53. The Morgan fingerprint density at radius 2 is 2.47 bits per heavy atom. The van der Waals surface area contributed by atoms with Crippen LogP contribution in [0, 0.1) is 0 Å². The summed E-state index contributed by atoms with van der Waals surface area (Å²) in [4.78, 5) is 13.2. The maximum Gasteiger partial charge on any atom is 0.327 e. The monoisotopic (exact) mass is 255 g/mol. The van der Waals surface area contributed by atoms with Crippen LogP contribution in [-0.2, 0) is 20.7 Å². The van der Waals surface area contributed by atoms with Gasteiger partial charge >= 0.3 is 5.97 Å². The van der Waals surface area contributed by atoms with Crippen LogP contribution in [0.25, 0.3) is 0 Å². The van der Waals surface area contributed by atoms with Gasteiger partial charge in [0.15, 0.2) is 0 Å². The quantitative estimate of drug-likeness (QED) is 0.640. The molecule has 1 aliphatic heterocycles. The van der Waals surface area contributed by atoms with E-state index in [1.807, 2.05) is 11.4 Å². The van der Waals surface area contributed by atoms with Gasteiger partial charge in [0.2, 0.25) is 0 Å². The van der Waals surface area contributed by atoms with Crippen molar-refractivity contribution in [3.63, 3.8) is 0 Å². The van der Waals surface area contributed by atoms with Crippen molar-refractivity contribution in [2.75, 3.05) is 26.9 Å². The summed E-state index contributed by atoms with van der Waals surface area (Å²) in [5.74, 6) is -0.180. The van der Waals surface area contributed by atoms with Crippen LogP contribution in [0.3, 0.4) is 0 Å². The normalized spacial score (nSPS) is 18.8. The number of fused-ring (bicyclic) bond motifs is 1. The number of esters is 1. The molecule has 2 heterocycles. The number of methoxy groups -OCH3 is 1. The highest BCUT2D eigenvalue weighted by molar-refractivity contribution is 7.10. The van der Waals surface area contributed by atoms with Gasteiger partial charge in [-0.15, -0.1) is 11.3 Å². The lowest BCUT2D eigenvalue weighted by molar-refractivity contribution is -0.146. The molecular weight excluding hydrogens is 238 g/mol. The van der Waals surface area contributed by atoms with E-state index >= 15 is 0 Å². The van der Waals surface area contributed by atoms with Gasteiger partial charge in [-0.05, 0) is 23.4 Å². The molecule has 1 aliphatic rings. The first kappa shape index (κ1) is 12.5. The third-order valence-electron chi connectivity index (χ3n) is 2.76. The molecule has 17 heavy (non-hydrogen) atoms. The predicted molar refractivity (Wildman–Crippen MR) is 66.2 cm³/mol. The summed E-state index contributed by atoms with van der Waals surface area (Å²) in [7, 11) is 1.64. The minimum Gasteiger partial charge on any atom is -0.464 e. The second-order valence-electron chi connectivity index (χ2n) is 3.95. The molecule has 5 heteroatoms. The fourth-order valence-electron chi connectivity index (χ4n) is 1.92. The third kappa shape index (κ3) is 3.06. The van der Waals surface area contributed by atoms with E-state index in [-0.39, 0.29) is 12.0 Å². The van der Waals surface area contributed by atoms with Crippen LogP contribution in [0.15, 0.2) is 11.4 Å². The van der Waals surface area contributed by atoms with Crippen LogP contribution in [0.1, 0.15) is 22.9 Å². The molecule has 0 saturated heterocycles. The molecule has 2 rings (SSSR count). The van der Waals surface area contributed by atoms with Gasteiger partial charge in [0, 0.05) is 31.6 Å². The van der Waals surface area contributed by atoms with E-state index in [9.17, 15) is 4.79 Å². The Hall–Kier alpha value is -0.910. The zero-order valence-corrected chi connectivity index (χ0v) is 10.7. The zero-order valence-electron chi connectivity index (χ0n) is 9.90. The van der Waals surface area contributed by atoms with Gasteiger partial charge in [0.05, 0.1) is 6.61 Å². The topological polar surface area (TPSA) is 47.6 Å². The molecular formula is C12H17NO3S. The maximum atomic E-state index is 11.9. The number of nitrogens with one attached hydrogen (secondary N) is 1. The van der Waals surface area contributed by atoms with E-state index < -0.39 is 0 Å². The summed E-state index contributed by atoms with van der Waals surface area (Å²) in [5.41, 5.74) is 1.08. The van der Waals surface area contributed by atoms with Gasteiger partial charge in [-0.25, -0.2) is 4.79 Å². The van der Waals surface area contributed by atoms with Crippen LogP contribution >= 0.6 is 11.3 Å². The van der Waals surface area contributed by atoms with E-state index in [0.717, 1.165) is 24.9 Å². The molecule has 0 aromatic carbocycles. The van der Waals surface area contributed by atoms with E-state index in [0.29, 0.717) is 13.2 Å². The largest absolute Gasteiger partial charge is 0.464 e. The summed E-state index contributed by atoms with van der Waals surface area (Å²) in [6.45, 7) is 1.88. The third-order valence-corrected chi connectivity index (χ3v) is 3.76. The number of thiophene rings is 1. The smallest absolute Gasteiger partial charge is 0.327 e. The Bertz CT molecular complexity index is 378. The fraction of sp³-hybridized carbons (Fsp3) is 0.583. The molecule has 1 aromatic heterocycles. The minimum atomic E-state index is -0.285. The first-order valence-corrected chi connectivity index (χ1v) is 6.66. The molecule has 1 unspecified atom stereocenters. The highest BCUT2D eigenvalue weighted by atomic mass is 32.1. The summed E-state index contributed by atoms with van der Waals surface area (Å²) in [6, 6.07) is 1.72. The number of carbonyl (C=O) groups excluding carboxylic acids is 1. The number of hydrogen-bond donors (Lipinski definition) is 1. The van der Waals surface area contributed by atoms with E-state index in [2.05, 4.69) is 5.32 Å². The van der Waals surface area contributed by atoms with Crippen molar-refractivity contribution in [2.24, 2.45) is 0 Å². The van der Waals surface area contributed by atoms with Gasteiger partial charge < -0.3 is 14.8 Å². The van der Waals surface area contributed by atoms with Crippen LogP contribution in [0.5, 0.6) is 0 Å². The van der Waals surface area contributed by atoms with E-state index in [1.54, 1.807) is 18.4 Å². The first-order chi connectivity index (χ1) is 8.33. The second kappa shape index (κ2) is 6.14. The molecule has 1 N–H and O–H groups in total. The summed E-state index contributed by atoms with van der Waals surface area (Å²) in [5, 5.41) is 5.23. The van der Waals surface area contributed by atoms with Crippen molar-refractivity contribution in [1.82, 2.24) is 5.32 Å². The van der Waals surface area contributed by atoms with Crippen molar-refractivity contribution in [2.45, 2.75) is 18.9 Å². The Morgan fingerprint density at radius 1 is 1.59 bits per heavy atom. The maximum absolute atomic E-state index is 11.9. The number of hydrogen-bond acceptors (Lipinski definition) is 5. The van der Waals surface area contributed by atoms with Crippen LogP contribution in [0.2, 0.25) is 0 Å². The number of ether oxygens (including phenoxy) is 2. The fourth-order valence-corrected chi connectivity index (χ4v) is 2.84. The molecule has 0 aliphatic carbocycles. The van der Waals surface area contributed by atoms with Crippen molar-refractivity contribution in [1.29, 1.82) is 0 Å². The molecule has 4 nitrogen and oxygen atoms in total. The molecule has 0 fully saturated rings. The minimum absolute atomic E-state index is 0.180.